The Kier molecular flexibility index (Phi) is 6.29. The molecular formula is C19H21ClFNO3S. The monoisotopic (exact) mass is 397 g/mol. The van der Waals surface area contributed by atoms with Crippen molar-refractivity contribution < 1.29 is 17.5 Å². The first-order valence-electron chi connectivity index (χ1n) is 8.53. The van der Waals surface area contributed by atoms with Crippen molar-refractivity contribution in [3.63, 3.8) is 0 Å². The summed E-state index contributed by atoms with van der Waals surface area (Å²) in [6.07, 6.45) is 1.69. The SMILES string of the molecule is O=S(=O)(c1ccc(F)c(Cl)c1)N1CCC[C@H](COCc2ccccc2)C1. The summed E-state index contributed by atoms with van der Waals surface area (Å²) in [4.78, 5) is 0.0229. The summed E-state index contributed by atoms with van der Waals surface area (Å²) in [5.74, 6) is -0.491. The summed E-state index contributed by atoms with van der Waals surface area (Å²) in [5.41, 5.74) is 1.09. The van der Waals surface area contributed by atoms with Crippen molar-refractivity contribution in [2.24, 2.45) is 5.92 Å². The quantitative estimate of drug-likeness (QED) is 0.737. The zero-order valence-corrected chi connectivity index (χ0v) is 15.8. The van der Waals surface area contributed by atoms with Gasteiger partial charge in [0.05, 0.1) is 23.1 Å². The lowest BCUT2D eigenvalue weighted by atomic mass is 10.0. The maximum Gasteiger partial charge on any atom is 0.243 e. The van der Waals surface area contributed by atoms with E-state index in [-0.39, 0.29) is 15.8 Å². The average Bonchev–Trinajstić information content (AvgIpc) is 2.65. The molecule has 0 aliphatic carbocycles. The van der Waals surface area contributed by atoms with E-state index in [9.17, 15) is 12.8 Å². The highest BCUT2D eigenvalue weighted by Gasteiger charge is 2.30. The molecule has 0 unspecified atom stereocenters. The van der Waals surface area contributed by atoms with Gasteiger partial charge in [-0.15, -0.1) is 0 Å². The summed E-state index contributed by atoms with van der Waals surface area (Å²) in [6.45, 7) is 1.86. The molecule has 1 aliphatic rings. The molecular weight excluding hydrogens is 377 g/mol. The molecule has 3 rings (SSSR count). The summed E-state index contributed by atoms with van der Waals surface area (Å²) >= 11 is 5.74. The van der Waals surface area contributed by atoms with Crippen molar-refractivity contribution in [2.45, 2.75) is 24.3 Å². The van der Waals surface area contributed by atoms with Gasteiger partial charge in [-0.05, 0) is 42.5 Å². The van der Waals surface area contributed by atoms with Crippen molar-refractivity contribution in [3.8, 4) is 0 Å². The first-order chi connectivity index (χ1) is 12.5. The predicted molar refractivity (Wildman–Crippen MR) is 99.0 cm³/mol. The van der Waals surface area contributed by atoms with Crippen LogP contribution in [0.5, 0.6) is 0 Å². The van der Waals surface area contributed by atoms with E-state index in [0.717, 1.165) is 24.5 Å². The zero-order valence-electron chi connectivity index (χ0n) is 14.3. The van der Waals surface area contributed by atoms with E-state index in [4.69, 9.17) is 16.3 Å². The van der Waals surface area contributed by atoms with Crippen molar-refractivity contribution in [2.75, 3.05) is 19.7 Å². The third-order valence-corrected chi connectivity index (χ3v) is 6.63. The molecule has 7 heteroatoms. The highest BCUT2D eigenvalue weighted by atomic mass is 35.5. The van der Waals surface area contributed by atoms with Gasteiger partial charge in [0.1, 0.15) is 5.82 Å². The van der Waals surface area contributed by atoms with Crippen LogP contribution >= 0.6 is 11.6 Å². The minimum atomic E-state index is -3.68. The number of halogens is 2. The second-order valence-corrected chi connectivity index (χ2v) is 8.79. The Morgan fingerprint density at radius 2 is 1.96 bits per heavy atom. The second kappa shape index (κ2) is 8.48. The van der Waals surface area contributed by atoms with E-state index in [1.54, 1.807) is 0 Å². The lowest BCUT2D eigenvalue weighted by molar-refractivity contribution is 0.0672. The highest BCUT2D eigenvalue weighted by molar-refractivity contribution is 7.89. The van der Waals surface area contributed by atoms with E-state index >= 15 is 0 Å². The molecule has 140 valence electrons. The third-order valence-electron chi connectivity index (χ3n) is 4.48. The van der Waals surface area contributed by atoms with Crippen LogP contribution in [-0.4, -0.2) is 32.4 Å². The molecule has 0 saturated carbocycles. The topological polar surface area (TPSA) is 46.6 Å². The number of hydrogen-bond donors (Lipinski definition) is 0. The van der Waals surface area contributed by atoms with Gasteiger partial charge < -0.3 is 4.74 Å². The number of rotatable bonds is 6. The van der Waals surface area contributed by atoms with Crippen molar-refractivity contribution in [3.05, 3.63) is 64.9 Å². The largest absolute Gasteiger partial charge is 0.376 e. The lowest BCUT2D eigenvalue weighted by Crippen LogP contribution is -2.41. The molecule has 0 aromatic heterocycles. The molecule has 2 aromatic rings. The zero-order chi connectivity index (χ0) is 18.6. The summed E-state index contributed by atoms with van der Waals surface area (Å²) < 4.78 is 46.1. The first-order valence-corrected chi connectivity index (χ1v) is 10.4. The van der Waals surface area contributed by atoms with Crippen molar-refractivity contribution in [1.29, 1.82) is 0 Å². The molecule has 4 nitrogen and oxygen atoms in total. The molecule has 1 heterocycles. The molecule has 0 N–H and O–H groups in total. The fourth-order valence-electron chi connectivity index (χ4n) is 3.09. The summed E-state index contributed by atoms with van der Waals surface area (Å²) in [5, 5.41) is -0.189. The van der Waals surface area contributed by atoms with Crippen LogP contribution in [0, 0.1) is 11.7 Å². The fourth-order valence-corrected chi connectivity index (χ4v) is 4.91. The Morgan fingerprint density at radius 3 is 2.69 bits per heavy atom. The van der Waals surface area contributed by atoms with Crippen molar-refractivity contribution in [1.82, 2.24) is 4.31 Å². The molecule has 26 heavy (non-hydrogen) atoms. The van der Waals surface area contributed by atoms with Gasteiger partial charge in [0.15, 0.2) is 0 Å². The first kappa shape index (κ1) is 19.3. The number of hydrogen-bond acceptors (Lipinski definition) is 3. The van der Waals surface area contributed by atoms with Crippen LogP contribution < -0.4 is 0 Å². The molecule has 0 radical (unpaired) electrons. The second-order valence-electron chi connectivity index (χ2n) is 6.45. The molecule has 0 amide bonds. The van der Waals surface area contributed by atoms with Gasteiger partial charge >= 0.3 is 0 Å². The number of piperidine rings is 1. The average molecular weight is 398 g/mol. The van der Waals surface area contributed by atoms with E-state index in [0.29, 0.717) is 26.3 Å². The van der Waals surface area contributed by atoms with E-state index in [1.165, 1.54) is 16.4 Å². The fraction of sp³-hybridized carbons (Fsp3) is 0.368. The van der Waals surface area contributed by atoms with Gasteiger partial charge in [0.2, 0.25) is 10.0 Å². The van der Waals surface area contributed by atoms with Gasteiger partial charge in [-0.3, -0.25) is 0 Å². The van der Waals surface area contributed by atoms with Crippen LogP contribution in [0.15, 0.2) is 53.4 Å². The third kappa shape index (κ3) is 4.62. The minimum absolute atomic E-state index is 0.0229. The lowest BCUT2D eigenvalue weighted by Gasteiger charge is -2.31. The van der Waals surface area contributed by atoms with Gasteiger partial charge in [0.25, 0.3) is 0 Å². The molecule has 0 spiro atoms. The Morgan fingerprint density at radius 1 is 1.19 bits per heavy atom. The Balaban J connectivity index is 1.61. The standard InChI is InChI=1S/C19H21ClFNO3S/c20-18-11-17(8-9-19(18)21)26(23,24)22-10-4-7-16(12-22)14-25-13-15-5-2-1-3-6-15/h1-3,5-6,8-9,11,16H,4,7,10,12-14H2/t16-/m0/s1. The van der Waals surface area contributed by atoms with Gasteiger partial charge in [0, 0.05) is 13.1 Å². The summed E-state index contributed by atoms with van der Waals surface area (Å²) in [7, 11) is -3.68. The van der Waals surface area contributed by atoms with E-state index in [2.05, 4.69) is 0 Å². The minimum Gasteiger partial charge on any atom is -0.376 e. The summed E-state index contributed by atoms with van der Waals surface area (Å²) in [6, 6.07) is 13.4. The number of sulfonamides is 1. The molecule has 1 atom stereocenters. The number of nitrogens with zero attached hydrogens (tertiary/aromatic N) is 1. The number of ether oxygens (including phenoxy) is 1. The van der Waals surface area contributed by atoms with E-state index < -0.39 is 15.8 Å². The Labute approximate surface area is 158 Å². The van der Waals surface area contributed by atoms with Gasteiger partial charge in [-0.25, -0.2) is 12.8 Å². The smallest absolute Gasteiger partial charge is 0.243 e. The van der Waals surface area contributed by atoms with Crippen LogP contribution in [0.2, 0.25) is 5.02 Å². The van der Waals surface area contributed by atoms with Crippen LogP contribution in [0.3, 0.4) is 0 Å². The van der Waals surface area contributed by atoms with Crippen LogP contribution in [0.4, 0.5) is 4.39 Å². The molecule has 1 fully saturated rings. The van der Waals surface area contributed by atoms with Crippen LogP contribution in [0.1, 0.15) is 18.4 Å². The maximum atomic E-state index is 13.3. The molecule has 1 aliphatic heterocycles. The van der Waals surface area contributed by atoms with E-state index in [1.807, 2.05) is 30.3 Å². The van der Waals surface area contributed by atoms with Gasteiger partial charge in [-0.1, -0.05) is 41.9 Å². The molecule has 0 bridgehead atoms. The van der Waals surface area contributed by atoms with Crippen LogP contribution in [0.25, 0.3) is 0 Å². The van der Waals surface area contributed by atoms with Crippen molar-refractivity contribution >= 4 is 21.6 Å². The van der Waals surface area contributed by atoms with Crippen LogP contribution in [-0.2, 0) is 21.4 Å². The predicted octanol–water partition coefficient (Wildman–Crippen LogP) is 4.10. The highest BCUT2D eigenvalue weighted by Crippen LogP contribution is 2.26. The Bertz CT molecular complexity index is 845. The maximum absolute atomic E-state index is 13.3. The number of benzene rings is 2. The van der Waals surface area contributed by atoms with Gasteiger partial charge in [-0.2, -0.15) is 4.31 Å². The Hall–Kier alpha value is -1.47. The normalized spacial score (nSPS) is 18.8. The molecule has 2 aromatic carbocycles. The molecule has 1 saturated heterocycles.